The van der Waals surface area contributed by atoms with Gasteiger partial charge in [0.05, 0.1) is 0 Å². The molecule has 0 amide bonds. The molecule has 0 saturated carbocycles. The van der Waals surface area contributed by atoms with E-state index in [2.05, 4.69) is 9.97 Å². The molecule has 0 spiro atoms. The van der Waals surface area contributed by atoms with Gasteiger partial charge in [0, 0.05) is 33.7 Å². The SMILES string of the molecule is NC(c1ccccc1Cl)N(c1nccs1)c1nccs1. The van der Waals surface area contributed by atoms with Gasteiger partial charge in [-0.05, 0) is 6.07 Å². The molecule has 2 N–H and O–H groups in total. The van der Waals surface area contributed by atoms with Gasteiger partial charge in [0.1, 0.15) is 6.17 Å². The van der Waals surface area contributed by atoms with Crippen LogP contribution in [0.25, 0.3) is 0 Å². The summed E-state index contributed by atoms with van der Waals surface area (Å²) in [6.45, 7) is 0. The molecule has 2 heterocycles. The molecule has 4 nitrogen and oxygen atoms in total. The van der Waals surface area contributed by atoms with Crippen molar-refractivity contribution in [1.82, 2.24) is 9.97 Å². The van der Waals surface area contributed by atoms with Crippen LogP contribution in [-0.4, -0.2) is 9.97 Å². The third-order valence-corrected chi connectivity index (χ3v) is 4.64. The van der Waals surface area contributed by atoms with Crippen molar-refractivity contribution in [3.8, 4) is 0 Å². The maximum Gasteiger partial charge on any atom is 0.193 e. The van der Waals surface area contributed by atoms with Crippen LogP contribution in [0.4, 0.5) is 10.3 Å². The van der Waals surface area contributed by atoms with E-state index in [9.17, 15) is 0 Å². The molecule has 0 aliphatic rings. The van der Waals surface area contributed by atoms with Gasteiger partial charge < -0.3 is 5.73 Å². The first kappa shape index (κ1) is 13.5. The normalized spacial score (nSPS) is 12.3. The Morgan fingerprint density at radius 1 is 1.05 bits per heavy atom. The Hall–Kier alpha value is -1.47. The van der Waals surface area contributed by atoms with Crippen LogP contribution in [0.15, 0.2) is 47.4 Å². The quantitative estimate of drug-likeness (QED) is 0.736. The number of thiazole rings is 2. The predicted molar refractivity (Wildman–Crippen MR) is 84.7 cm³/mol. The zero-order chi connectivity index (χ0) is 13.9. The summed E-state index contributed by atoms with van der Waals surface area (Å²) < 4.78 is 0. The fraction of sp³-hybridized carbons (Fsp3) is 0.0769. The highest BCUT2D eigenvalue weighted by atomic mass is 35.5. The largest absolute Gasteiger partial charge is 0.307 e. The lowest BCUT2D eigenvalue weighted by Gasteiger charge is -2.26. The Morgan fingerprint density at radius 3 is 2.15 bits per heavy atom. The van der Waals surface area contributed by atoms with Gasteiger partial charge in [-0.15, -0.1) is 22.7 Å². The van der Waals surface area contributed by atoms with Crippen LogP contribution >= 0.6 is 34.3 Å². The lowest BCUT2D eigenvalue weighted by molar-refractivity contribution is 0.731. The van der Waals surface area contributed by atoms with Gasteiger partial charge in [-0.3, -0.25) is 4.90 Å². The number of hydrogen-bond acceptors (Lipinski definition) is 6. The zero-order valence-corrected chi connectivity index (χ0v) is 12.7. The Bertz CT molecular complexity index is 635. The Morgan fingerprint density at radius 2 is 1.65 bits per heavy atom. The third kappa shape index (κ3) is 2.55. The second-order valence-electron chi connectivity index (χ2n) is 3.97. The van der Waals surface area contributed by atoms with E-state index < -0.39 is 6.17 Å². The summed E-state index contributed by atoms with van der Waals surface area (Å²) in [4.78, 5) is 10.6. The van der Waals surface area contributed by atoms with Crippen molar-refractivity contribution in [2.45, 2.75) is 6.17 Å². The van der Waals surface area contributed by atoms with Crippen LogP contribution in [0.2, 0.25) is 5.02 Å². The molecular weight excluding hydrogens is 312 g/mol. The van der Waals surface area contributed by atoms with Gasteiger partial charge in [-0.1, -0.05) is 29.8 Å². The number of nitrogens with two attached hydrogens (primary N) is 1. The van der Waals surface area contributed by atoms with Crippen molar-refractivity contribution >= 4 is 44.5 Å². The summed E-state index contributed by atoms with van der Waals surface area (Å²) >= 11 is 9.28. The molecule has 1 aromatic carbocycles. The van der Waals surface area contributed by atoms with E-state index in [0.29, 0.717) is 5.02 Å². The molecule has 1 unspecified atom stereocenters. The molecule has 3 aromatic rings. The number of hydrogen-bond donors (Lipinski definition) is 1. The molecule has 0 aliphatic carbocycles. The van der Waals surface area contributed by atoms with Gasteiger partial charge in [0.25, 0.3) is 0 Å². The summed E-state index contributed by atoms with van der Waals surface area (Å²) in [5, 5.41) is 6.06. The smallest absolute Gasteiger partial charge is 0.193 e. The van der Waals surface area contributed by atoms with Gasteiger partial charge >= 0.3 is 0 Å². The predicted octanol–water partition coefficient (Wildman–Crippen LogP) is 4.05. The molecule has 0 bridgehead atoms. The highest BCUT2D eigenvalue weighted by molar-refractivity contribution is 7.15. The summed E-state index contributed by atoms with van der Waals surface area (Å²) in [7, 11) is 0. The van der Waals surface area contributed by atoms with Gasteiger partial charge in [-0.2, -0.15) is 0 Å². The maximum absolute atomic E-state index is 6.40. The van der Waals surface area contributed by atoms with Crippen LogP contribution in [0.1, 0.15) is 11.7 Å². The van der Waals surface area contributed by atoms with Crippen LogP contribution in [0.3, 0.4) is 0 Å². The second kappa shape index (κ2) is 5.88. The molecule has 0 radical (unpaired) electrons. The van der Waals surface area contributed by atoms with E-state index in [-0.39, 0.29) is 0 Å². The Balaban J connectivity index is 2.04. The van der Waals surface area contributed by atoms with Crippen molar-refractivity contribution in [1.29, 1.82) is 0 Å². The zero-order valence-electron chi connectivity index (χ0n) is 10.3. The molecule has 0 fully saturated rings. The summed E-state index contributed by atoms with van der Waals surface area (Å²) in [5.41, 5.74) is 7.24. The summed E-state index contributed by atoms with van der Waals surface area (Å²) in [6.07, 6.45) is 3.07. The Kier molecular flexibility index (Phi) is 3.98. The second-order valence-corrected chi connectivity index (χ2v) is 6.12. The van der Waals surface area contributed by atoms with Crippen molar-refractivity contribution in [3.63, 3.8) is 0 Å². The van der Waals surface area contributed by atoms with E-state index in [1.54, 1.807) is 12.4 Å². The molecule has 1 atom stereocenters. The number of halogens is 1. The van der Waals surface area contributed by atoms with Crippen LogP contribution in [-0.2, 0) is 0 Å². The number of rotatable bonds is 4. The first-order valence-electron chi connectivity index (χ1n) is 5.85. The molecule has 102 valence electrons. The molecular formula is C13H11ClN4S2. The number of benzene rings is 1. The standard InChI is InChI=1S/C13H11ClN4S2/c14-10-4-2-1-3-9(10)11(15)18(12-16-5-7-19-12)13-17-6-8-20-13/h1-8,11H,15H2. The van der Waals surface area contributed by atoms with Gasteiger partial charge in [0.2, 0.25) is 0 Å². The van der Waals surface area contributed by atoms with E-state index in [0.717, 1.165) is 15.8 Å². The lowest BCUT2D eigenvalue weighted by Crippen LogP contribution is -2.30. The van der Waals surface area contributed by atoms with Gasteiger partial charge in [-0.25, -0.2) is 9.97 Å². The highest BCUT2D eigenvalue weighted by Crippen LogP contribution is 2.36. The minimum absolute atomic E-state index is 0.430. The summed E-state index contributed by atoms with van der Waals surface area (Å²) in [5.74, 6) is 0. The van der Waals surface area contributed by atoms with E-state index >= 15 is 0 Å². The molecule has 20 heavy (non-hydrogen) atoms. The molecule has 3 rings (SSSR count). The average Bonchev–Trinajstić information content (AvgIpc) is 3.13. The lowest BCUT2D eigenvalue weighted by atomic mass is 10.1. The monoisotopic (exact) mass is 322 g/mol. The molecule has 7 heteroatoms. The van der Waals surface area contributed by atoms with Crippen molar-refractivity contribution in [3.05, 3.63) is 58.0 Å². The van der Waals surface area contributed by atoms with Crippen molar-refractivity contribution in [2.24, 2.45) is 5.73 Å². The average molecular weight is 323 g/mol. The first-order chi connectivity index (χ1) is 9.77. The van der Waals surface area contributed by atoms with Crippen molar-refractivity contribution in [2.75, 3.05) is 4.90 Å². The summed E-state index contributed by atoms with van der Waals surface area (Å²) in [6, 6.07) is 7.55. The Labute approximate surface area is 129 Å². The molecule has 0 aliphatic heterocycles. The van der Waals surface area contributed by atoms with Crippen LogP contribution in [0, 0.1) is 0 Å². The van der Waals surface area contributed by atoms with E-state index in [1.807, 2.05) is 39.9 Å². The van der Waals surface area contributed by atoms with Crippen LogP contribution < -0.4 is 10.6 Å². The third-order valence-electron chi connectivity index (χ3n) is 2.75. The minimum Gasteiger partial charge on any atom is -0.307 e. The minimum atomic E-state index is -0.430. The number of anilines is 2. The van der Waals surface area contributed by atoms with Gasteiger partial charge in [0.15, 0.2) is 10.3 Å². The first-order valence-corrected chi connectivity index (χ1v) is 7.99. The van der Waals surface area contributed by atoms with E-state index in [4.69, 9.17) is 17.3 Å². The van der Waals surface area contributed by atoms with E-state index in [1.165, 1.54) is 22.7 Å². The number of aromatic nitrogens is 2. The maximum atomic E-state index is 6.40. The topological polar surface area (TPSA) is 55.0 Å². The van der Waals surface area contributed by atoms with Crippen LogP contribution in [0.5, 0.6) is 0 Å². The number of nitrogens with zero attached hydrogens (tertiary/aromatic N) is 3. The fourth-order valence-electron chi connectivity index (χ4n) is 1.84. The molecule has 2 aromatic heterocycles. The highest BCUT2D eigenvalue weighted by Gasteiger charge is 2.24. The van der Waals surface area contributed by atoms with Crippen molar-refractivity contribution < 1.29 is 0 Å². The fourth-order valence-corrected chi connectivity index (χ4v) is 3.51. The molecule has 0 saturated heterocycles.